The molecule has 0 saturated carbocycles. The minimum atomic E-state index is 1.11. The van der Waals surface area contributed by atoms with Gasteiger partial charge in [0.15, 0.2) is 0 Å². The van der Waals surface area contributed by atoms with Gasteiger partial charge in [-0.15, -0.1) is 0 Å². The van der Waals surface area contributed by atoms with Crippen molar-refractivity contribution in [2.75, 3.05) is 4.90 Å². The van der Waals surface area contributed by atoms with Crippen molar-refractivity contribution < 1.29 is 0 Å². The van der Waals surface area contributed by atoms with Crippen LogP contribution in [0.4, 0.5) is 17.1 Å². The SMILES string of the molecule is Cc1cc(-c2cccc(-n3c4ccccc4c4ccccc43)c2)ccc1N(c1ccc(-c2cccc3ccccc23)cc1)c1ccc(-c2cccc3ccccc23)cc1. The summed E-state index contributed by atoms with van der Waals surface area (Å²) in [7, 11) is 0. The first-order valence-corrected chi connectivity index (χ1v) is 20.3. The van der Waals surface area contributed by atoms with Crippen molar-refractivity contribution in [3.63, 3.8) is 0 Å². The van der Waals surface area contributed by atoms with E-state index >= 15 is 0 Å². The van der Waals surface area contributed by atoms with Crippen LogP contribution in [0.3, 0.4) is 0 Å². The molecule has 0 unspecified atom stereocenters. The number of hydrogen-bond acceptors (Lipinski definition) is 1. The summed E-state index contributed by atoms with van der Waals surface area (Å²) in [4.78, 5) is 2.40. The van der Waals surface area contributed by atoms with Gasteiger partial charge in [0, 0.05) is 33.5 Å². The molecule has 0 saturated heterocycles. The molecule has 1 aromatic heterocycles. The number of nitrogens with zero attached hydrogens (tertiary/aromatic N) is 2. The topological polar surface area (TPSA) is 8.17 Å². The lowest BCUT2D eigenvalue weighted by Gasteiger charge is -2.28. The quantitative estimate of drug-likeness (QED) is 0.157. The molecule has 0 aliphatic heterocycles. The highest BCUT2D eigenvalue weighted by Gasteiger charge is 2.18. The maximum atomic E-state index is 2.40. The van der Waals surface area contributed by atoms with Gasteiger partial charge < -0.3 is 9.47 Å². The molecule has 1 heterocycles. The lowest BCUT2D eigenvalue weighted by molar-refractivity contribution is 1.18. The largest absolute Gasteiger partial charge is 0.310 e. The van der Waals surface area contributed by atoms with Crippen molar-refractivity contribution in [1.29, 1.82) is 0 Å². The molecule has 0 aliphatic rings. The van der Waals surface area contributed by atoms with E-state index in [1.807, 2.05) is 0 Å². The van der Waals surface area contributed by atoms with E-state index in [4.69, 9.17) is 0 Å². The molecule has 2 heteroatoms. The summed E-state index contributed by atoms with van der Waals surface area (Å²) in [6.45, 7) is 2.23. The zero-order valence-electron chi connectivity index (χ0n) is 32.8. The zero-order chi connectivity index (χ0) is 39.3. The minimum Gasteiger partial charge on any atom is -0.310 e. The molecule has 10 aromatic carbocycles. The van der Waals surface area contributed by atoms with E-state index in [1.165, 1.54) is 82.3 Å². The molecular weight excluding hydrogens is 713 g/mol. The van der Waals surface area contributed by atoms with Crippen molar-refractivity contribution >= 4 is 60.4 Å². The molecular formula is C57H40N2. The number of hydrogen-bond donors (Lipinski definition) is 0. The average molecular weight is 753 g/mol. The molecule has 0 radical (unpaired) electrons. The molecule has 0 atom stereocenters. The fraction of sp³-hybridized carbons (Fsp3) is 0.0175. The molecule has 0 fully saturated rings. The average Bonchev–Trinajstić information content (AvgIpc) is 3.64. The lowest BCUT2D eigenvalue weighted by Crippen LogP contribution is -2.11. The van der Waals surface area contributed by atoms with Crippen LogP contribution in [-0.2, 0) is 0 Å². The van der Waals surface area contributed by atoms with Crippen molar-refractivity contribution in [2.45, 2.75) is 6.92 Å². The Morgan fingerprint density at radius 1 is 0.339 bits per heavy atom. The first-order valence-electron chi connectivity index (χ1n) is 20.3. The van der Waals surface area contributed by atoms with Gasteiger partial charge in [-0.2, -0.15) is 0 Å². The molecule has 0 bridgehead atoms. The minimum absolute atomic E-state index is 1.11. The van der Waals surface area contributed by atoms with Gasteiger partial charge in [-0.1, -0.05) is 164 Å². The Bertz CT molecular complexity index is 3150. The molecule has 11 rings (SSSR count). The highest BCUT2D eigenvalue weighted by molar-refractivity contribution is 6.09. The van der Waals surface area contributed by atoms with Gasteiger partial charge in [0.2, 0.25) is 0 Å². The molecule has 0 amide bonds. The maximum Gasteiger partial charge on any atom is 0.0541 e. The van der Waals surface area contributed by atoms with Crippen LogP contribution in [-0.4, -0.2) is 4.57 Å². The van der Waals surface area contributed by atoms with Crippen molar-refractivity contribution in [3.8, 4) is 39.1 Å². The molecule has 59 heavy (non-hydrogen) atoms. The number of aromatic nitrogens is 1. The third kappa shape index (κ3) is 6.05. The number of fused-ring (bicyclic) bond motifs is 5. The predicted molar refractivity (Wildman–Crippen MR) is 252 cm³/mol. The fourth-order valence-corrected chi connectivity index (χ4v) is 9.07. The Kier molecular flexibility index (Phi) is 8.41. The Hall–Kier alpha value is -7.68. The van der Waals surface area contributed by atoms with E-state index in [1.54, 1.807) is 0 Å². The number of benzene rings is 10. The molecule has 0 aliphatic carbocycles. The van der Waals surface area contributed by atoms with Crippen LogP contribution in [0, 0.1) is 6.92 Å². The van der Waals surface area contributed by atoms with Crippen LogP contribution in [0.1, 0.15) is 5.56 Å². The highest BCUT2D eigenvalue weighted by Crippen LogP contribution is 2.41. The second kappa shape index (κ2) is 14.4. The van der Waals surface area contributed by atoms with Crippen LogP contribution >= 0.6 is 0 Å². The van der Waals surface area contributed by atoms with Crippen LogP contribution < -0.4 is 4.90 Å². The molecule has 278 valence electrons. The van der Waals surface area contributed by atoms with Gasteiger partial charge in [0.1, 0.15) is 0 Å². The number of para-hydroxylation sites is 2. The van der Waals surface area contributed by atoms with Crippen LogP contribution in [0.25, 0.3) is 82.4 Å². The summed E-state index contributed by atoms with van der Waals surface area (Å²) >= 11 is 0. The van der Waals surface area contributed by atoms with Gasteiger partial charge in [-0.3, -0.25) is 0 Å². The Balaban J connectivity index is 1.00. The summed E-state index contributed by atoms with van der Waals surface area (Å²) in [6.07, 6.45) is 0. The summed E-state index contributed by atoms with van der Waals surface area (Å²) in [6, 6.07) is 81.7. The molecule has 2 nitrogen and oxygen atoms in total. The fourth-order valence-electron chi connectivity index (χ4n) is 9.07. The van der Waals surface area contributed by atoms with Gasteiger partial charge in [0.25, 0.3) is 0 Å². The third-order valence-electron chi connectivity index (χ3n) is 11.9. The van der Waals surface area contributed by atoms with Gasteiger partial charge in [-0.05, 0) is 128 Å². The highest BCUT2D eigenvalue weighted by atomic mass is 15.1. The van der Waals surface area contributed by atoms with E-state index in [2.05, 4.69) is 241 Å². The number of anilines is 3. The standard InChI is InChI=1S/C57H40N2/c1-39-37-45(44-17-10-18-48(38-44)59-56-25-8-6-21-53(56)54-22-7-9-26-57(54)59)31-36-55(39)58(46-32-27-42(28-33-46)51-23-11-15-40-13-2-4-19-49(40)51)47-34-29-43(30-35-47)52-24-12-16-41-14-3-5-20-50(41)52/h2-38H,1H3. The van der Waals surface area contributed by atoms with Gasteiger partial charge in [-0.25, -0.2) is 0 Å². The normalized spacial score (nSPS) is 11.5. The lowest BCUT2D eigenvalue weighted by atomic mass is 9.97. The molecule has 11 aromatic rings. The first-order chi connectivity index (χ1) is 29.2. The number of rotatable bonds is 7. The smallest absolute Gasteiger partial charge is 0.0541 e. The van der Waals surface area contributed by atoms with Crippen LogP contribution in [0.15, 0.2) is 224 Å². The van der Waals surface area contributed by atoms with E-state index in [0.29, 0.717) is 0 Å². The zero-order valence-corrected chi connectivity index (χ0v) is 32.8. The van der Waals surface area contributed by atoms with Crippen LogP contribution in [0.5, 0.6) is 0 Å². The monoisotopic (exact) mass is 752 g/mol. The summed E-state index contributed by atoms with van der Waals surface area (Å²) in [5, 5.41) is 7.55. The Labute approximate surface area is 344 Å². The first kappa shape index (κ1) is 34.6. The van der Waals surface area contributed by atoms with Crippen molar-refractivity contribution in [3.05, 3.63) is 230 Å². The second-order valence-corrected chi connectivity index (χ2v) is 15.4. The third-order valence-corrected chi connectivity index (χ3v) is 11.9. The second-order valence-electron chi connectivity index (χ2n) is 15.4. The van der Waals surface area contributed by atoms with Crippen molar-refractivity contribution in [1.82, 2.24) is 4.57 Å². The van der Waals surface area contributed by atoms with E-state index in [9.17, 15) is 0 Å². The Morgan fingerprint density at radius 2 is 0.780 bits per heavy atom. The van der Waals surface area contributed by atoms with Gasteiger partial charge in [0.05, 0.1) is 11.0 Å². The van der Waals surface area contributed by atoms with E-state index in [-0.39, 0.29) is 0 Å². The molecule has 0 N–H and O–H groups in total. The molecule has 0 spiro atoms. The summed E-state index contributed by atoms with van der Waals surface area (Å²) in [5.41, 5.74) is 15.4. The Morgan fingerprint density at radius 3 is 1.32 bits per heavy atom. The van der Waals surface area contributed by atoms with E-state index < -0.39 is 0 Å². The summed E-state index contributed by atoms with van der Waals surface area (Å²) < 4.78 is 2.39. The predicted octanol–water partition coefficient (Wildman–Crippen LogP) is 15.9. The van der Waals surface area contributed by atoms with Crippen LogP contribution in [0.2, 0.25) is 0 Å². The maximum absolute atomic E-state index is 2.40. The van der Waals surface area contributed by atoms with E-state index in [0.717, 1.165) is 22.7 Å². The van der Waals surface area contributed by atoms with Crippen molar-refractivity contribution in [2.24, 2.45) is 0 Å². The summed E-state index contributed by atoms with van der Waals surface area (Å²) in [5.74, 6) is 0. The number of aryl methyl sites for hydroxylation is 1. The van der Waals surface area contributed by atoms with Gasteiger partial charge >= 0.3 is 0 Å².